The van der Waals surface area contributed by atoms with Crippen molar-refractivity contribution in [3.8, 4) is 0 Å². The number of methoxy groups -OCH3 is 1. The summed E-state index contributed by atoms with van der Waals surface area (Å²) in [5, 5.41) is 12.3. The van der Waals surface area contributed by atoms with E-state index in [1.807, 2.05) is 0 Å². The number of aliphatic carboxylic acids is 1. The van der Waals surface area contributed by atoms with Crippen LogP contribution in [0.25, 0.3) is 0 Å². The summed E-state index contributed by atoms with van der Waals surface area (Å²) in [6.07, 6.45) is 5.46. The summed E-state index contributed by atoms with van der Waals surface area (Å²) in [5.41, 5.74) is -0.649. The van der Waals surface area contributed by atoms with E-state index in [-0.39, 0.29) is 5.91 Å². The Bertz CT molecular complexity index is 504. The molecule has 2 rings (SSSR count). The van der Waals surface area contributed by atoms with Gasteiger partial charge in [0.05, 0.1) is 6.61 Å². The number of carbonyl (C=O) groups is 2. The molecular weight excluding hydrogens is 272 g/mol. The van der Waals surface area contributed by atoms with Crippen LogP contribution in [0.1, 0.15) is 42.6 Å². The Kier molecular flexibility index (Phi) is 5.01. The van der Waals surface area contributed by atoms with E-state index in [2.05, 4.69) is 5.32 Å². The van der Waals surface area contributed by atoms with Crippen LogP contribution in [0.3, 0.4) is 0 Å². The number of nitrogens with zero attached hydrogens (tertiary/aromatic N) is 1. The predicted molar refractivity (Wildman–Crippen MR) is 77.2 cm³/mol. The molecule has 21 heavy (non-hydrogen) atoms. The van der Waals surface area contributed by atoms with Crippen LogP contribution in [0.4, 0.5) is 0 Å². The number of carbonyl (C=O) groups excluding carboxylic acids is 1. The maximum atomic E-state index is 12.4. The summed E-state index contributed by atoms with van der Waals surface area (Å²) in [4.78, 5) is 24.0. The Morgan fingerprint density at radius 2 is 2.10 bits per heavy atom. The van der Waals surface area contributed by atoms with Crippen LogP contribution >= 0.6 is 0 Å². The molecule has 6 heteroatoms. The molecule has 1 aromatic rings. The van der Waals surface area contributed by atoms with Gasteiger partial charge in [-0.3, -0.25) is 4.79 Å². The van der Waals surface area contributed by atoms with E-state index in [4.69, 9.17) is 4.74 Å². The fraction of sp³-hybridized carbons (Fsp3) is 0.600. The van der Waals surface area contributed by atoms with Gasteiger partial charge in [-0.25, -0.2) is 4.79 Å². The Morgan fingerprint density at radius 1 is 1.38 bits per heavy atom. The molecule has 6 nitrogen and oxygen atoms in total. The minimum atomic E-state index is -1.12. The second kappa shape index (κ2) is 6.76. The highest BCUT2D eigenvalue weighted by Crippen LogP contribution is 2.28. The molecule has 1 aliphatic rings. The maximum absolute atomic E-state index is 12.4. The summed E-state index contributed by atoms with van der Waals surface area (Å²) >= 11 is 0. The first-order valence-electron chi connectivity index (χ1n) is 7.29. The highest BCUT2D eigenvalue weighted by molar-refractivity contribution is 5.96. The molecule has 1 heterocycles. The Hall–Kier alpha value is -1.82. The van der Waals surface area contributed by atoms with E-state index >= 15 is 0 Å². The number of nitrogens with one attached hydrogen (secondary N) is 1. The van der Waals surface area contributed by atoms with E-state index in [1.54, 1.807) is 30.0 Å². The van der Waals surface area contributed by atoms with Gasteiger partial charge in [0.1, 0.15) is 11.2 Å². The molecule has 1 aromatic heterocycles. The van der Waals surface area contributed by atoms with Crippen molar-refractivity contribution in [3.63, 3.8) is 0 Å². The number of carboxylic acid groups (broad SMARTS) is 1. The van der Waals surface area contributed by atoms with Crippen LogP contribution in [-0.2, 0) is 16.1 Å². The number of ether oxygens (including phenoxy) is 1. The first-order chi connectivity index (χ1) is 10.1. The van der Waals surface area contributed by atoms with E-state index in [9.17, 15) is 14.7 Å². The maximum Gasteiger partial charge on any atom is 0.329 e. The van der Waals surface area contributed by atoms with Gasteiger partial charge in [-0.1, -0.05) is 19.3 Å². The first-order valence-corrected chi connectivity index (χ1v) is 7.29. The molecule has 116 valence electrons. The Balaban J connectivity index is 2.12. The number of aromatic nitrogens is 1. The lowest BCUT2D eigenvalue weighted by Crippen LogP contribution is -2.55. The minimum Gasteiger partial charge on any atom is -0.480 e. The monoisotopic (exact) mass is 294 g/mol. The van der Waals surface area contributed by atoms with Gasteiger partial charge in [-0.2, -0.15) is 0 Å². The van der Waals surface area contributed by atoms with E-state index in [0.717, 1.165) is 19.3 Å². The quantitative estimate of drug-likeness (QED) is 0.836. The summed E-state index contributed by atoms with van der Waals surface area (Å²) < 4.78 is 6.79. The molecule has 0 unspecified atom stereocenters. The molecule has 0 aromatic carbocycles. The second-order valence-corrected chi connectivity index (χ2v) is 5.48. The third kappa shape index (κ3) is 3.44. The molecule has 1 fully saturated rings. The summed E-state index contributed by atoms with van der Waals surface area (Å²) in [5.74, 6) is -1.27. The van der Waals surface area contributed by atoms with Crippen molar-refractivity contribution in [2.75, 3.05) is 13.7 Å². The van der Waals surface area contributed by atoms with E-state index < -0.39 is 11.5 Å². The Morgan fingerprint density at radius 3 is 2.71 bits per heavy atom. The number of carboxylic acids is 1. The van der Waals surface area contributed by atoms with Crippen molar-refractivity contribution in [3.05, 3.63) is 24.0 Å². The molecule has 1 aliphatic carbocycles. The minimum absolute atomic E-state index is 0.333. The topological polar surface area (TPSA) is 80.6 Å². The first kappa shape index (κ1) is 15.6. The van der Waals surface area contributed by atoms with Crippen molar-refractivity contribution < 1.29 is 19.4 Å². The summed E-state index contributed by atoms with van der Waals surface area (Å²) in [7, 11) is 1.60. The number of hydrogen-bond acceptors (Lipinski definition) is 3. The average molecular weight is 294 g/mol. The molecule has 1 saturated carbocycles. The van der Waals surface area contributed by atoms with Crippen molar-refractivity contribution in [1.82, 2.24) is 9.88 Å². The lowest BCUT2D eigenvalue weighted by molar-refractivity contribution is -0.145. The molecule has 0 spiro atoms. The standard InChI is InChI=1S/C15H22N2O4/c1-21-11-10-17-9-5-6-12(17)13(18)16-15(14(19)20)7-3-2-4-8-15/h5-6,9H,2-4,7-8,10-11H2,1H3,(H,16,18)(H,19,20). The van der Waals surface area contributed by atoms with Crippen LogP contribution < -0.4 is 5.32 Å². The predicted octanol–water partition coefficient (Wildman–Crippen LogP) is 1.65. The Labute approximate surface area is 124 Å². The fourth-order valence-corrected chi connectivity index (χ4v) is 2.83. The van der Waals surface area contributed by atoms with Gasteiger partial charge in [0.25, 0.3) is 5.91 Å². The normalized spacial score (nSPS) is 17.4. The van der Waals surface area contributed by atoms with Crippen molar-refractivity contribution in [2.24, 2.45) is 0 Å². The fourth-order valence-electron chi connectivity index (χ4n) is 2.83. The van der Waals surface area contributed by atoms with Crippen LogP contribution in [0.15, 0.2) is 18.3 Å². The molecule has 0 bridgehead atoms. The highest BCUT2D eigenvalue weighted by Gasteiger charge is 2.41. The van der Waals surface area contributed by atoms with Crippen LogP contribution in [0.5, 0.6) is 0 Å². The molecule has 0 radical (unpaired) electrons. The summed E-state index contributed by atoms with van der Waals surface area (Å²) in [6, 6.07) is 3.47. The zero-order valence-corrected chi connectivity index (χ0v) is 12.3. The molecule has 1 amide bonds. The van der Waals surface area contributed by atoms with Gasteiger partial charge in [0, 0.05) is 19.9 Å². The highest BCUT2D eigenvalue weighted by atomic mass is 16.5. The molecular formula is C15H22N2O4. The van der Waals surface area contributed by atoms with E-state index in [1.165, 1.54) is 0 Å². The molecule has 0 aliphatic heterocycles. The smallest absolute Gasteiger partial charge is 0.329 e. The number of rotatable bonds is 6. The van der Waals surface area contributed by atoms with Crippen LogP contribution in [0.2, 0.25) is 0 Å². The molecule has 0 saturated heterocycles. The van der Waals surface area contributed by atoms with Gasteiger partial charge < -0.3 is 19.7 Å². The van der Waals surface area contributed by atoms with Crippen molar-refractivity contribution in [2.45, 2.75) is 44.2 Å². The van der Waals surface area contributed by atoms with E-state index in [0.29, 0.717) is 31.7 Å². The second-order valence-electron chi connectivity index (χ2n) is 5.48. The van der Waals surface area contributed by atoms with Gasteiger partial charge in [0.2, 0.25) is 0 Å². The average Bonchev–Trinajstić information content (AvgIpc) is 2.94. The largest absolute Gasteiger partial charge is 0.480 e. The third-order valence-corrected chi connectivity index (χ3v) is 4.07. The van der Waals surface area contributed by atoms with Crippen molar-refractivity contribution >= 4 is 11.9 Å². The van der Waals surface area contributed by atoms with Gasteiger partial charge in [0.15, 0.2) is 0 Å². The molecule has 0 atom stereocenters. The lowest BCUT2D eigenvalue weighted by Gasteiger charge is -2.34. The van der Waals surface area contributed by atoms with Crippen LogP contribution in [0, 0.1) is 0 Å². The number of amides is 1. The van der Waals surface area contributed by atoms with Gasteiger partial charge in [-0.05, 0) is 25.0 Å². The lowest BCUT2D eigenvalue weighted by atomic mass is 9.81. The van der Waals surface area contributed by atoms with Gasteiger partial charge >= 0.3 is 5.97 Å². The van der Waals surface area contributed by atoms with Crippen LogP contribution in [-0.4, -0.2) is 40.8 Å². The molecule has 2 N–H and O–H groups in total. The van der Waals surface area contributed by atoms with Gasteiger partial charge in [-0.15, -0.1) is 0 Å². The third-order valence-electron chi connectivity index (χ3n) is 4.07. The summed E-state index contributed by atoms with van der Waals surface area (Å²) in [6.45, 7) is 1.06. The number of hydrogen-bond donors (Lipinski definition) is 2. The SMILES string of the molecule is COCCn1cccc1C(=O)NC1(C(=O)O)CCCCC1. The zero-order chi connectivity index (χ0) is 15.3. The van der Waals surface area contributed by atoms with Crippen molar-refractivity contribution in [1.29, 1.82) is 0 Å². The zero-order valence-electron chi connectivity index (χ0n) is 12.3.